The van der Waals surface area contributed by atoms with Crippen molar-refractivity contribution in [3.8, 4) is 0 Å². The number of hydrogen-bond acceptors (Lipinski definition) is 6. The van der Waals surface area contributed by atoms with Crippen LogP contribution < -0.4 is 5.48 Å². The van der Waals surface area contributed by atoms with Gasteiger partial charge in [-0.25, -0.2) is 8.42 Å². The van der Waals surface area contributed by atoms with E-state index in [0.29, 0.717) is 34.7 Å². The van der Waals surface area contributed by atoms with E-state index in [1.54, 1.807) is 26.2 Å². The summed E-state index contributed by atoms with van der Waals surface area (Å²) in [6, 6.07) is 3.47. The maximum atomic E-state index is 13.2. The third kappa shape index (κ3) is 3.76. The van der Waals surface area contributed by atoms with Crippen LogP contribution >= 0.6 is 0 Å². The molecule has 1 aromatic rings. The minimum absolute atomic E-state index is 0.00925. The van der Waals surface area contributed by atoms with E-state index in [2.05, 4.69) is 5.48 Å². The van der Waals surface area contributed by atoms with E-state index in [1.807, 2.05) is 27.7 Å². The molecule has 0 aromatic heterocycles. The van der Waals surface area contributed by atoms with Crippen molar-refractivity contribution in [3.63, 3.8) is 0 Å². The van der Waals surface area contributed by atoms with Gasteiger partial charge in [-0.3, -0.25) is 4.79 Å². The van der Waals surface area contributed by atoms with Crippen molar-refractivity contribution >= 4 is 15.6 Å². The number of ketones is 1. The first-order valence-corrected chi connectivity index (χ1v) is 11.9. The van der Waals surface area contributed by atoms with Crippen LogP contribution in [0.1, 0.15) is 68.1 Å². The van der Waals surface area contributed by atoms with E-state index in [-0.39, 0.29) is 22.5 Å². The number of methoxy groups -OCH3 is 1. The number of rotatable bonds is 4. The molecular formula is C22H31NO5S. The summed E-state index contributed by atoms with van der Waals surface area (Å²) in [5.74, 6) is 0.858. The van der Waals surface area contributed by atoms with Gasteiger partial charge >= 0.3 is 0 Å². The van der Waals surface area contributed by atoms with Gasteiger partial charge in [-0.15, -0.1) is 0 Å². The van der Waals surface area contributed by atoms with Gasteiger partial charge in [0.15, 0.2) is 15.6 Å². The molecule has 1 aromatic carbocycles. The van der Waals surface area contributed by atoms with E-state index in [1.165, 1.54) is 0 Å². The van der Waals surface area contributed by atoms with E-state index in [0.717, 1.165) is 18.6 Å². The van der Waals surface area contributed by atoms with Crippen molar-refractivity contribution in [1.82, 2.24) is 5.48 Å². The predicted octanol–water partition coefficient (Wildman–Crippen LogP) is 3.90. The molecule has 0 spiro atoms. The Morgan fingerprint density at radius 3 is 2.48 bits per heavy atom. The van der Waals surface area contributed by atoms with Gasteiger partial charge in [0.2, 0.25) is 0 Å². The zero-order chi connectivity index (χ0) is 21.6. The molecule has 2 heterocycles. The lowest BCUT2D eigenvalue weighted by Crippen LogP contribution is -2.38. The molecule has 6 nitrogen and oxygen atoms in total. The molecule has 1 aliphatic carbocycles. The first-order chi connectivity index (χ1) is 13.7. The van der Waals surface area contributed by atoms with Crippen LogP contribution in [0.15, 0.2) is 28.4 Å². The number of carbonyl (C=O) groups excluding carboxylic acids is 1. The number of ether oxygens (including phenoxy) is 1. The quantitative estimate of drug-likeness (QED) is 0.743. The normalized spacial score (nSPS) is 24.3. The van der Waals surface area contributed by atoms with Crippen LogP contribution in [0.4, 0.5) is 0 Å². The lowest BCUT2D eigenvalue weighted by Gasteiger charge is -2.39. The zero-order valence-electron chi connectivity index (χ0n) is 18.1. The molecule has 0 amide bonds. The van der Waals surface area contributed by atoms with Crippen LogP contribution in [0, 0.1) is 18.3 Å². The van der Waals surface area contributed by atoms with Gasteiger partial charge in [0, 0.05) is 29.6 Å². The Labute approximate surface area is 173 Å². The lowest BCUT2D eigenvalue weighted by atomic mass is 9.82. The summed E-state index contributed by atoms with van der Waals surface area (Å²) >= 11 is 0. The number of hydroxylamine groups is 1. The molecule has 0 bridgehead atoms. The average molecular weight is 422 g/mol. The van der Waals surface area contributed by atoms with Crippen molar-refractivity contribution in [2.45, 2.75) is 58.5 Å². The van der Waals surface area contributed by atoms with E-state index in [4.69, 9.17) is 9.57 Å². The highest BCUT2D eigenvalue weighted by molar-refractivity contribution is 7.91. The summed E-state index contributed by atoms with van der Waals surface area (Å²) in [5, 5.41) is 0. The minimum Gasteiger partial charge on any atom is -0.412 e. The number of nitrogens with one attached hydrogen (secondary N) is 1. The maximum Gasteiger partial charge on any atom is 0.194 e. The summed E-state index contributed by atoms with van der Waals surface area (Å²) < 4.78 is 31.7. The largest absolute Gasteiger partial charge is 0.412 e. The number of benzene rings is 1. The third-order valence-electron chi connectivity index (χ3n) is 5.73. The van der Waals surface area contributed by atoms with Crippen LogP contribution in [0.2, 0.25) is 0 Å². The van der Waals surface area contributed by atoms with Crippen molar-refractivity contribution in [1.29, 1.82) is 0 Å². The molecular weight excluding hydrogens is 390 g/mol. The number of sulfone groups is 1. The topological polar surface area (TPSA) is 81.7 Å². The fourth-order valence-corrected chi connectivity index (χ4v) is 6.83. The average Bonchev–Trinajstić information content (AvgIpc) is 3.38. The molecule has 1 saturated carbocycles. The second-order valence-corrected chi connectivity index (χ2v) is 10.3. The Balaban J connectivity index is 0.00000117. The molecule has 3 aliphatic rings. The molecule has 0 saturated heterocycles. The number of carbonyl (C=O) groups is 1. The first kappa shape index (κ1) is 22.0. The van der Waals surface area contributed by atoms with Gasteiger partial charge < -0.3 is 9.57 Å². The predicted molar refractivity (Wildman–Crippen MR) is 111 cm³/mol. The van der Waals surface area contributed by atoms with Crippen molar-refractivity contribution in [2.24, 2.45) is 11.3 Å². The van der Waals surface area contributed by atoms with Gasteiger partial charge in [0.25, 0.3) is 0 Å². The molecule has 1 atom stereocenters. The van der Waals surface area contributed by atoms with Crippen molar-refractivity contribution < 1.29 is 22.8 Å². The van der Waals surface area contributed by atoms with Crippen LogP contribution in [-0.4, -0.2) is 33.6 Å². The SMILES string of the molecule is CC.COC1c2ccc(C(=O)C3=C(C4CC4)ONC3)c(C)c2S(=O)(=O)CC1(C)C. The van der Waals surface area contributed by atoms with Crippen LogP contribution in [0.25, 0.3) is 0 Å². The molecule has 29 heavy (non-hydrogen) atoms. The highest BCUT2D eigenvalue weighted by atomic mass is 32.2. The smallest absolute Gasteiger partial charge is 0.194 e. The molecule has 4 rings (SSSR count). The van der Waals surface area contributed by atoms with Gasteiger partial charge in [-0.05, 0) is 25.3 Å². The standard InChI is InChI=1S/C20H25NO5S.C2H6/c1-11-13(16(22)15-9-21-26-17(15)12-5-6-12)7-8-14-18(11)27(23,24)10-20(2,3)19(14)25-4;1-2/h7-8,12,19,21H,5-6,9-10H2,1-4H3;1-2H3. The lowest BCUT2D eigenvalue weighted by molar-refractivity contribution is 0.0119. The van der Waals surface area contributed by atoms with Gasteiger partial charge in [-0.2, -0.15) is 5.48 Å². The first-order valence-electron chi connectivity index (χ1n) is 10.2. The number of Topliss-reactive ketones (excluding diaryl/α,β-unsaturated/α-hetero) is 1. The van der Waals surface area contributed by atoms with E-state index >= 15 is 0 Å². The molecule has 1 fully saturated rings. The summed E-state index contributed by atoms with van der Waals surface area (Å²) in [5.41, 5.74) is 4.42. The number of fused-ring (bicyclic) bond motifs is 1. The van der Waals surface area contributed by atoms with Crippen LogP contribution in [0.5, 0.6) is 0 Å². The molecule has 1 N–H and O–H groups in total. The minimum atomic E-state index is -3.52. The molecule has 160 valence electrons. The van der Waals surface area contributed by atoms with E-state index < -0.39 is 15.3 Å². The monoisotopic (exact) mass is 421 g/mol. The highest BCUT2D eigenvalue weighted by Gasteiger charge is 2.45. The highest BCUT2D eigenvalue weighted by Crippen LogP contribution is 2.47. The maximum absolute atomic E-state index is 13.2. The number of allylic oxidation sites excluding steroid dienone is 1. The van der Waals surface area contributed by atoms with Gasteiger partial charge in [0.05, 0.1) is 28.9 Å². The number of hydrogen-bond donors (Lipinski definition) is 1. The van der Waals surface area contributed by atoms with Crippen LogP contribution in [-0.2, 0) is 19.4 Å². The zero-order valence-corrected chi connectivity index (χ0v) is 18.9. The Morgan fingerprint density at radius 1 is 1.24 bits per heavy atom. The molecule has 2 aliphatic heterocycles. The summed E-state index contributed by atoms with van der Waals surface area (Å²) in [6.07, 6.45) is 1.71. The third-order valence-corrected chi connectivity index (χ3v) is 8.02. The molecule has 0 radical (unpaired) electrons. The second kappa shape index (κ2) is 7.85. The van der Waals surface area contributed by atoms with Gasteiger partial charge in [-0.1, -0.05) is 39.8 Å². The molecule has 7 heteroatoms. The van der Waals surface area contributed by atoms with Crippen LogP contribution in [0.3, 0.4) is 0 Å². The van der Waals surface area contributed by atoms with Crippen molar-refractivity contribution in [3.05, 3.63) is 40.2 Å². The Bertz CT molecular complexity index is 958. The van der Waals surface area contributed by atoms with Crippen molar-refractivity contribution in [2.75, 3.05) is 19.4 Å². The summed E-state index contributed by atoms with van der Waals surface area (Å²) in [4.78, 5) is 18.9. The fourth-order valence-electron chi connectivity index (χ4n) is 4.45. The summed E-state index contributed by atoms with van der Waals surface area (Å²) in [7, 11) is -1.92. The summed E-state index contributed by atoms with van der Waals surface area (Å²) in [6.45, 7) is 9.85. The molecule has 1 unspecified atom stereocenters. The van der Waals surface area contributed by atoms with Gasteiger partial charge in [0.1, 0.15) is 5.76 Å². The Hall–Kier alpha value is -1.70. The second-order valence-electron chi connectivity index (χ2n) is 8.39. The Morgan fingerprint density at radius 2 is 1.90 bits per heavy atom. The Kier molecular flexibility index (Phi) is 5.96. The fraction of sp³-hybridized carbons (Fsp3) is 0.591. The van der Waals surface area contributed by atoms with E-state index in [9.17, 15) is 13.2 Å².